The zero-order valence-electron chi connectivity index (χ0n) is 12.4. The molecule has 0 atom stereocenters. The van der Waals surface area contributed by atoms with Crippen molar-refractivity contribution in [3.05, 3.63) is 23.9 Å². The molecule has 0 aliphatic carbocycles. The third-order valence-electron chi connectivity index (χ3n) is 3.99. The molecule has 0 saturated carbocycles. The largest absolute Gasteiger partial charge is 0.357 e. The molecule has 1 aliphatic heterocycles. The standard InChI is InChI=1S/C15H26N4/c1-4-16-11-13-5-6-15(17-12-13)19(3)14-7-9-18(2)10-8-14/h5-6,12,14,16H,4,7-11H2,1-3H3. The van der Waals surface area contributed by atoms with Gasteiger partial charge in [0.25, 0.3) is 0 Å². The van der Waals surface area contributed by atoms with E-state index in [-0.39, 0.29) is 0 Å². The molecule has 1 aromatic rings. The Balaban J connectivity index is 1.93. The molecule has 0 bridgehead atoms. The normalized spacial score (nSPS) is 17.6. The van der Waals surface area contributed by atoms with Gasteiger partial charge in [0.15, 0.2) is 0 Å². The Kier molecular flexibility index (Phi) is 5.16. The lowest BCUT2D eigenvalue weighted by Gasteiger charge is -2.35. The van der Waals surface area contributed by atoms with E-state index in [9.17, 15) is 0 Å². The molecule has 0 radical (unpaired) electrons. The van der Waals surface area contributed by atoms with Gasteiger partial charge in [-0.2, -0.15) is 0 Å². The van der Waals surface area contributed by atoms with E-state index in [4.69, 9.17) is 0 Å². The first kappa shape index (κ1) is 14.3. The van der Waals surface area contributed by atoms with Crippen LogP contribution in [0.1, 0.15) is 25.3 Å². The quantitative estimate of drug-likeness (QED) is 0.875. The minimum Gasteiger partial charge on any atom is -0.357 e. The summed E-state index contributed by atoms with van der Waals surface area (Å²) < 4.78 is 0. The molecule has 0 unspecified atom stereocenters. The number of likely N-dealkylation sites (tertiary alicyclic amines) is 1. The number of hydrogen-bond acceptors (Lipinski definition) is 4. The van der Waals surface area contributed by atoms with Crippen molar-refractivity contribution in [2.75, 3.05) is 38.6 Å². The van der Waals surface area contributed by atoms with E-state index in [0.29, 0.717) is 6.04 Å². The Labute approximate surface area is 116 Å². The minimum absolute atomic E-state index is 0.628. The molecule has 0 spiro atoms. The van der Waals surface area contributed by atoms with Gasteiger partial charge in [0.2, 0.25) is 0 Å². The van der Waals surface area contributed by atoms with E-state index in [1.54, 1.807) is 0 Å². The monoisotopic (exact) mass is 262 g/mol. The second kappa shape index (κ2) is 6.87. The van der Waals surface area contributed by atoms with E-state index in [1.165, 1.54) is 31.5 Å². The second-order valence-corrected chi connectivity index (χ2v) is 5.45. The highest BCUT2D eigenvalue weighted by molar-refractivity contribution is 5.39. The first-order valence-corrected chi connectivity index (χ1v) is 7.27. The van der Waals surface area contributed by atoms with Crippen LogP contribution in [0.4, 0.5) is 5.82 Å². The Morgan fingerprint density at radius 2 is 2.11 bits per heavy atom. The van der Waals surface area contributed by atoms with E-state index < -0.39 is 0 Å². The first-order chi connectivity index (χ1) is 9.20. The van der Waals surface area contributed by atoms with Gasteiger partial charge in [0, 0.05) is 25.8 Å². The molecule has 2 heterocycles. The zero-order valence-corrected chi connectivity index (χ0v) is 12.4. The van der Waals surface area contributed by atoms with Crippen molar-refractivity contribution < 1.29 is 0 Å². The predicted octanol–water partition coefficient (Wildman–Crippen LogP) is 1.72. The molecule has 1 aromatic heterocycles. The van der Waals surface area contributed by atoms with Gasteiger partial charge in [-0.1, -0.05) is 13.0 Å². The summed E-state index contributed by atoms with van der Waals surface area (Å²) in [4.78, 5) is 9.34. The second-order valence-electron chi connectivity index (χ2n) is 5.45. The lowest BCUT2D eigenvalue weighted by molar-refractivity contribution is 0.252. The molecule has 106 valence electrons. The van der Waals surface area contributed by atoms with Crippen molar-refractivity contribution in [2.24, 2.45) is 0 Å². The van der Waals surface area contributed by atoms with Crippen LogP contribution in [0.25, 0.3) is 0 Å². The Morgan fingerprint density at radius 1 is 1.37 bits per heavy atom. The van der Waals surface area contributed by atoms with Crippen LogP contribution in [0.2, 0.25) is 0 Å². The van der Waals surface area contributed by atoms with Gasteiger partial charge >= 0.3 is 0 Å². The van der Waals surface area contributed by atoms with E-state index in [2.05, 4.69) is 53.3 Å². The van der Waals surface area contributed by atoms with Gasteiger partial charge in [0.05, 0.1) is 0 Å². The summed E-state index contributed by atoms with van der Waals surface area (Å²) >= 11 is 0. The van der Waals surface area contributed by atoms with Gasteiger partial charge < -0.3 is 15.1 Å². The third-order valence-corrected chi connectivity index (χ3v) is 3.99. The summed E-state index contributed by atoms with van der Waals surface area (Å²) in [6, 6.07) is 4.95. The van der Waals surface area contributed by atoms with Crippen LogP contribution in [0.5, 0.6) is 0 Å². The highest BCUT2D eigenvalue weighted by Crippen LogP contribution is 2.19. The number of rotatable bonds is 5. The summed E-state index contributed by atoms with van der Waals surface area (Å²) in [5, 5.41) is 3.32. The molecule has 2 rings (SSSR count). The third kappa shape index (κ3) is 3.91. The molecule has 1 fully saturated rings. The van der Waals surface area contributed by atoms with Crippen molar-refractivity contribution in [1.82, 2.24) is 15.2 Å². The molecule has 19 heavy (non-hydrogen) atoms. The lowest BCUT2D eigenvalue weighted by Crippen LogP contribution is -2.42. The summed E-state index contributed by atoms with van der Waals surface area (Å²) in [5.41, 5.74) is 1.25. The predicted molar refractivity (Wildman–Crippen MR) is 80.5 cm³/mol. The van der Waals surface area contributed by atoms with Crippen LogP contribution in [0.3, 0.4) is 0 Å². The smallest absolute Gasteiger partial charge is 0.128 e. The number of pyridine rings is 1. The number of hydrogen-bond donors (Lipinski definition) is 1. The van der Waals surface area contributed by atoms with Crippen LogP contribution < -0.4 is 10.2 Å². The number of anilines is 1. The molecule has 1 N–H and O–H groups in total. The average Bonchev–Trinajstić information content (AvgIpc) is 2.46. The van der Waals surface area contributed by atoms with Crippen molar-refractivity contribution in [3.8, 4) is 0 Å². The Hall–Kier alpha value is -1.13. The molecular weight excluding hydrogens is 236 g/mol. The van der Waals surface area contributed by atoms with Gasteiger partial charge in [-0.3, -0.25) is 0 Å². The van der Waals surface area contributed by atoms with E-state index >= 15 is 0 Å². The van der Waals surface area contributed by atoms with Gasteiger partial charge in [0.1, 0.15) is 5.82 Å². The van der Waals surface area contributed by atoms with Crippen molar-refractivity contribution in [3.63, 3.8) is 0 Å². The average molecular weight is 262 g/mol. The maximum absolute atomic E-state index is 4.60. The number of piperidine rings is 1. The molecular formula is C15H26N4. The maximum Gasteiger partial charge on any atom is 0.128 e. The van der Waals surface area contributed by atoms with Gasteiger partial charge in [-0.15, -0.1) is 0 Å². The van der Waals surface area contributed by atoms with Crippen molar-refractivity contribution in [1.29, 1.82) is 0 Å². The fourth-order valence-electron chi connectivity index (χ4n) is 2.57. The Bertz CT molecular complexity index is 368. The number of nitrogens with zero attached hydrogens (tertiary/aromatic N) is 3. The van der Waals surface area contributed by atoms with Gasteiger partial charge in [-0.05, 0) is 51.2 Å². The van der Waals surface area contributed by atoms with Crippen LogP contribution in [0, 0.1) is 0 Å². The SMILES string of the molecule is CCNCc1ccc(N(C)C2CCN(C)CC2)nc1. The van der Waals surface area contributed by atoms with Crippen LogP contribution in [-0.2, 0) is 6.54 Å². The molecule has 1 saturated heterocycles. The summed E-state index contributed by atoms with van der Waals surface area (Å²) in [6.07, 6.45) is 4.45. The molecule has 4 heteroatoms. The van der Waals surface area contributed by atoms with Crippen molar-refractivity contribution in [2.45, 2.75) is 32.4 Å². The van der Waals surface area contributed by atoms with E-state index in [0.717, 1.165) is 18.9 Å². The van der Waals surface area contributed by atoms with Crippen LogP contribution in [0.15, 0.2) is 18.3 Å². The topological polar surface area (TPSA) is 31.4 Å². The fourth-order valence-corrected chi connectivity index (χ4v) is 2.57. The Morgan fingerprint density at radius 3 is 2.68 bits per heavy atom. The highest BCUT2D eigenvalue weighted by atomic mass is 15.2. The van der Waals surface area contributed by atoms with Gasteiger partial charge in [-0.25, -0.2) is 4.98 Å². The molecule has 1 aliphatic rings. The van der Waals surface area contributed by atoms with E-state index in [1.807, 2.05) is 6.20 Å². The summed E-state index contributed by atoms with van der Waals surface area (Å²) in [5.74, 6) is 1.09. The molecule has 0 amide bonds. The minimum atomic E-state index is 0.628. The molecule has 4 nitrogen and oxygen atoms in total. The van der Waals surface area contributed by atoms with Crippen LogP contribution >= 0.6 is 0 Å². The first-order valence-electron chi connectivity index (χ1n) is 7.27. The zero-order chi connectivity index (χ0) is 13.7. The number of nitrogens with one attached hydrogen (secondary N) is 1. The molecule has 0 aromatic carbocycles. The lowest BCUT2D eigenvalue weighted by atomic mass is 10.0. The highest BCUT2D eigenvalue weighted by Gasteiger charge is 2.21. The van der Waals surface area contributed by atoms with Crippen molar-refractivity contribution >= 4 is 5.82 Å². The number of aromatic nitrogens is 1. The summed E-state index contributed by atoms with van der Waals surface area (Å²) in [7, 11) is 4.37. The fraction of sp³-hybridized carbons (Fsp3) is 0.667. The van der Waals surface area contributed by atoms with Crippen LogP contribution in [-0.4, -0.2) is 49.7 Å². The summed E-state index contributed by atoms with van der Waals surface area (Å²) in [6.45, 7) is 6.40. The maximum atomic E-state index is 4.60.